The van der Waals surface area contributed by atoms with Crippen molar-refractivity contribution in [1.82, 2.24) is 9.55 Å². The average Bonchev–Trinajstić information content (AvgIpc) is 2.58. The SMILES string of the molecule is CCc1nc(S(=O)(=O)Cl)cn1CCOC(C)(C)C. The average molecular weight is 295 g/mol. The van der Waals surface area contributed by atoms with E-state index >= 15 is 0 Å². The van der Waals surface area contributed by atoms with Crippen LogP contribution in [-0.4, -0.2) is 30.2 Å². The zero-order chi connectivity index (χ0) is 14.0. The molecule has 0 amide bonds. The van der Waals surface area contributed by atoms with Gasteiger partial charge in [-0.1, -0.05) is 6.92 Å². The minimum Gasteiger partial charge on any atom is -0.374 e. The van der Waals surface area contributed by atoms with Crippen LogP contribution in [-0.2, 0) is 26.8 Å². The van der Waals surface area contributed by atoms with Crippen LogP contribution in [0.25, 0.3) is 0 Å². The van der Waals surface area contributed by atoms with Gasteiger partial charge in [0.05, 0.1) is 12.2 Å². The molecule has 0 fully saturated rings. The molecule has 0 bridgehead atoms. The Morgan fingerprint density at radius 1 is 1.44 bits per heavy atom. The largest absolute Gasteiger partial charge is 0.374 e. The van der Waals surface area contributed by atoms with Gasteiger partial charge < -0.3 is 9.30 Å². The molecule has 0 aliphatic rings. The molecule has 0 unspecified atom stereocenters. The molecule has 0 radical (unpaired) electrons. The van der Waals surface area contributed by atoms with Crippen LogP contribution in [0.15, 0.2) is 11.2 Å². The third kappa shape index (κ3) is 4.59. The summed E-state index contributed by atoms with van der Waals surface area (Å²) in [5, 5.41) is -0.100. The predicted molar refractivity (Wildman–Crippen MR) is 70.3 cm³/mol. The van der Waals surface area contributed by atoms with Crippen molar-refractivity contribution in [1.29, 1.82) is 0 Å². The first-order valence-electron chi connectivity index (χ1n) is 5.78. The van der Waals surface area contributed by atoms with E-state index in [1.54, 1.807) is 4.57 Å². The molecule has 1 aromatic rings. The van der Waals surface area contributed by atoms with Gasteiger partial charge in [0.25, 0.3) is 9.05 Å². The standard InChI is InChI=1S/C11H19ClN2O3S/c1-5-9-13-10(18(12,15)16)8-14(9)6-7-17-11(2,3)4/h8H,5-7H2,1-4H3. The molecule has 104 valence electrons. The van der Waals surface area contributed by atoms with Gasteiger partial charge in [-0.3, -0.25) is 0 Å². The number of halogens is 1. The highest BCUT2D eigenvalue weighted by molar-refractivity contribution is 8.13. The Kier molecular flexibility index (Phi) is 4.80. The van der Waals surface area contributed by atoms with E-state index in [-0.39, 0.29) is 10.6 Å². The summed E-state index contributed by atoms with van der Waals surface area (Å²) in [6.45, 7) is 8.87. The Hall–Kier alpha value is -0.590. The second-order valence-electron chi connectivity index (χ2n) is 4.94. The van der Waals surface area contributed by atoms with Crippen molar-refractivity contribution in [3.05, 3.63) is 12.0 Å². The third-order valence-electron chi connectivity index (χ3n) is 2.27. The second-order valence-corrected chi connectivity index (χ2v) is 7.45. The molecule has 0 saturated heterocycles. The Labute approximate surface area is 113 Å². The number of imidazole rings is 1. The summed E-state index contributed by atoms with van der Waals surface area (Å²) >= 11 is 0. The molecule has 0 aliphatic heterocycles. The van der Waals surface area contributed by atoms with E-state index in [0.717, 1.165) is 0 Å². The van der Waals surface area contributed by atoms with Gasteiger partial charge in [-0.15, -0.1) is 0 Å². The van der Waals surface area contributed by atoms with E-state index in [9.17, 15) is 8.42 Å². The lowest BCUT2D eigenvalue weighted by molar-refractivity contribution is -0.00707. The summed E-state index contributed by atoms with van der Waals surface area (Å²) in [6, 6.07) is 0. The molecule has 0 saturated carbocycles. The number of nitrogens with zero attached hydrogens (tertiary/aromatic N) is 2. The third-order valence-corrected chi connectivity index (χ3v) is 3.44. The van der Waals surface area contributed by atoms with Crippen molar-refractivity contribution in [2.45, 2.75) is 51.3 Å². The summed E-state index contributed by atoms with van der Waals surface area (Å²) in [5.41, 5.74) is -0.214. The Balaban J connectivity index is 2.80. The summed E-state index contributed by atoms with van der Waals surface area (Å²) in [5.74, 6) is 0.687. The van der Waals surface area contributed by atoms with Gasteiger partial charge in [0.1, 0.15) is 5.82 Å². The Morgan fingerprint density at radius 2 is 2.06 bits per heavy atom. The highest BCUT2D eigenvalue weighted by Gasteiger charge is 2.17. The molecule has 1 heterocycles. The molecule has 5 nitrogen and oxygen atoms in total. The number of rotatable bonds is 5. The molecule has 0 atom stereocenters. The molecule has 1 aromatic heterocycles. The number of hydrogen-bond acceptors (Lipinski definition) is 4. The highest BCUT2D eigenvalue weighted by Crippen LogP contribution is 2.15. The van der Waals surface area contributed by atoms with Gasteiger partial charge >= 0.3 is 0 Å². The zero-order valence-electron chi connectivity index (χ0n) is 11.1. The number of aromatic nitrogens is 2. The molecule has 18 heavy (non-hydrogen) atoms. The lowest BCUT2D eigenvalue weighted by atomic mass is 10.2. The lowest BCUT2D eigenvalue weighted by Gasteiger charge is -2.19. The van der Waals surface area contributed by atoms with Gasteiger partial charge in [-0.25, -0.2) is 13.4 Å². The van der Waals surface area contributed by atoms with Crippen LogP contribution in [0.3, 0.4) is 0 Å². The van der Waals surface area contributed by atoms with Crippen molar-refractivity contribution < 1.29 is 13.2 Å². The van der Waals surface area contributed by atoms with Gasteiger partial charge in [-0.2, -0.15) is 0 Å². The number of aryl methyl sites for hydroxylation is 1. The normalized spacial score (nSPS) is 12.9. The summed E-state index contributed by atoms with van der Waals surface area (Å²) in [7, 11) is 1.50. The van der Waals surface area contributed by atoms with E-state index in [2.05, 4.69) is 4.98 Å². The van der Waals surface area contributed by atoms with Crippen LogP contribution in [0.2, 0.25) is 0 Å². The van der Waals surface area contributed by atoms with E-state index in [1.807, 2.05) is 27.7 Å². The first kappa shape index (κ1) is 15.5. The van der Waals surface area contributed by atoms with Crippen molar-refractivity contribution in [2.24, 2.45) is 0 Å². The van der Waals surface area contributed by atoms with Gasteiger partial charge in [-0.05, 0) is 20.8 Å². The van der Waals surface area contributed by atoms with Crippen molar-refractivity contribution >= 4 is 19.7 Å². The number of hydrogen-bond donors (Lipinski definition) is 0. The summed E-state index contributed by atoms with van der Waals surface area (Å²) in [4.78, 5) is 4.00. The van der Waals surface area contributed by atoms with Crippen LogP contribution in [0.4, 0.5) is 0 Å². The summed E-state index contributed by atoms with van der Waals surface area (Å²) < 4.78 is 29.8. The van der Waals surface area contributed by atoms with E-state index in [0.29, 0.717) is 25.4 Å². The fraction of sp³-hybridized carbons (Fsp3) is 0.727. The fourth-order valence-electron chi connectivity index (χ4n) is 1.47. The van der Waals surface area contributed by atoms with Gasteiger partial charge in [0.15, 0.2) is 5.03 Å². The van der Waals surface area contributed by atoms with E-state index < -0.39 is 9.05 Å². The maximum Gasteiger partial charge on any atom is 0.280 e. The first-order valence-corrected chi connectivity index (χ1v) is 8.09. The molecule has 0 aliphatic carbocycles. The molecular formula is C11H19ClN2O3S. The second kappa shape index (κ2) is 5.59. The molecule has 0 spiro atoms. The predicted octanol–water partition coefficient (Wildman–Crippen LogP) is 2.19. The minimum absolute atomic E-state index is 0.100. The van der Waals surface area contributed by atoms with Gasteiger partial charge in [0, 0.05) is 29.8 Å². The quantitative estimate of drug-likeness (QED) is 0.781. The van der Waals surface area contributed by atoms with Gasteiger partial charge in [0.2, 0.25) is 0 Å². The van der Waals surface area contributed by atoms with Crippen molar-refractivity contribution in [3.8, 4) is 0 Å². The minimum atomic E-state index is -3.77. The highest BCUT2D eigenvalue weighted by atomic mass is 35.7. The van der Waals surface area contributed by atoms with Crippen LogP contribution in [0.5, 0.6) is 0 Å². The Morgan fingerprint density at radius 3 is 2.50 bits per heavy atom. The molecule has 0 N–H and O–H groups in total. The van der Waals surface area contributed by atoms with Crippen LogP contribution >= 0.6 is 10.7 Å². The monoisotopic (exact) mass is 294 g/mol. The fourth-order valence-corrected chi connectivity index (χ4v) is 2.16. The first-order chi connectivity index (χ1) is 8.13. The van der Waals surface area contributed by atoms with Crippen molar-refractivity contribution in [2.75, 3.05) is 6.61 Å². The van der Waals surface area contributed by atoms with E-state index in [4.69, 9.17) is 15.4 Å². The zero-order valence-corrected chi connectivity index (χ0v) is 12.7. The molecule has 7 heteroatoms. The maximum absolute atomic E-state index is 11.2. The summed E-state index contributed by atoms with van der Waals surface area (Å²) in [6.07, 6.45) is 2.09. The number of ether oxygens (including phenoxy) is 1. The topological polar surface area (TPSA) is 61.2 Å². The van der Waals surface area contributed by atoms with E-state index in [1.165, 1.54) is 6.20 Å². The molecule has 1 rings (SSSR count). The maximum atomic E-state index is 11.2. The molecular weight excluding hydrogens is 276 g/mol. The van der Waals surface area contributed by atoms with Crippen molar-refractivity contribution in [3.63, 3.8) is 0 Å². The molecule has 0 aromatic carbocycles. The van der Waals surface area contributed by atoms with Crippen LogP contribution in [0.1, 0.15) is 33.5 Å². The van der Waals surface area contributed by atoms with Crippen LogP contribution in [0, 0.1) is 0 Å². The van der Waals surface area contributed by atoms with Crippen LogP contribution < -0.4 is 0 Å². The Bertz CT molecular complexity index is 503. The lowest BCUT2D eigenvalue weighted by Crippen LogP contribution is -2.22. The smallest absolute Gasteiger partial charge is 0.280 e.